The summed E-state index contributed by atoms with van der Waals surface area (Å²) in [5.41, 5.74) is -1.47. The van der Waals surface area contributed by atoms with Gasteiger partial charge in [0.05, 0.1) is 17.2 Å². The summed E-state index contributed by atoms with van der Waals surface area (Å²) in [4.78, 5) is 3.56. The van der Waals surface area contributed by atoms with Crippen molar-refractivity contribution < 1.29 is 13.2 Å². The predicted octanol–water partition coefficient (Wildman–Crippen LogP) is 3.05. The lowest BCUT2D eigenvalue weighted by Gasteiger charge is -2.34. The number of hydrogen-bond donors (Lipinski definition) is 0. The fourth-order valence-corrected chi connectivity index (χ4v) is 1.81. The molecule has 1 saturated carbocycles. The van der Waals surface area contributed by atoms with E-state index in [-0.39, 0.29) is 5.69 Å². The first-order chi connectivity index (χ1) is 7.48. The van der Waals surface area contributed by atoms with Gasteiger partial charge in [0.15, 0.2) is 0 Å². The Morgan fingerprint density at radius 2 is 2.00 bits per heavy atom. The molecule has 1 heterocycles. The maximum atomic E-state index is 12.4. The number of nitrogens with zero attached hydrogens (tertiary/aromatic N) is 2. The SMILES string of the molecule is N#CC1(c2cccc(C(F)(F)F)n2)CCC1. The average Bonchev–Trinajstić information content (AvgIpc) is 2.16. The van der Waals surface area contributed by atoms with E-state index in [2.05, 4.69) is 11.1 Å². The molecule has 0 aliphatic heterocycles. The van der Waals surface area contributed by atoms with Gasteiger partial charge in [-0.3, -0.25) is 0 Å². The van der Waals surface area contributed by atoms with E-state index in [4.69, 9.17) is 5.26 Å². The van der Waals surface area contributed by atoms with Crippen LogP contribution in [0.2, 0.25) is 0 Å². The number of rotatable bonds is 1. The monoisotopic (exact) mass is 226 g/mol. The largest absolute Gasteiger partial charge is 0.433 e. The van der Waals surface area contributed by atoms with Gasteiger partial charge in [0.1, 0.15) is 5.69 Å². The van der Waals surface area contributed by atoms with Crippen molar-refractivity contribution >= 4 is 0 Å². The van der Waals surface area contributed by atoms with E-state index in [1.54, 1.807) is 0 Å². The minimum Gasteiger partial charge on any atom is -0.247 e. The van der Waals surface area contributed by atoms with Gasteiger partial charge >= 0.3 is 6.18 Å². The fourth-order valence-electron chi connectivity index (χ4n) is 1.81. The first kappa shape index (κ1) is 10.9. The van der Waals surface area contributed by atoms with Gasteiger partial charge in [-0.1, -0.05) is 6.07 Å². The zero-order valence-electron chi connectivity index (χ0n) is 8.38. The van der Waals surface area contributed by atoms with Crippen molar-refractivity contribution in [3.05, 3.63) is 29.6 Å². The molecular weight excluding hydrogens is 217 g/mol. The summed E-state index contributed by atoms with van der Waals surface area (Å²) in [6.07, 6.45) is -2.39. The Bertz CT molecular complexity index is 441. The van der Waals surface area contributed by atoms with Crippen LogP contribution in [0.1, 0.15) is 30.7 Å². The molecule has 1 aromatic heterocycles. The molecule has 16 heavy (non-hydrogen) atoms. The smallest absolute Gasteiger partial charge is 0.247 e. The number of halogens is 3. The van der Waals surface area contributed by atoms with E-state index in [1.165, 1.54) is 12.1 Å². The van der Waals surface area contributed by atoms with Crippen LogP contribution in [0.5, 0.6) is 0 Å². The van der Waals surface area contributed by atoms with Crippen molar-refractivity contribution in [2.75, 3.05) is 0 Å². The highest BCUT2D eigenvalue weighted by Crippen LogP contribution is 2.42. The molecule has 0 amide bonds. The minimum absolute atomic E-state index is 0.246. The van der Waals surface area contributed by atoms with E-state index >= 15 is 0 Å². The Morgan fingerprint density at radius 3 is 2.44 bits per heavy atom. The zero-order valence-corrected chi connectivity index (χ0v) is 8.38. The second kappa shape index (κ2) is 3.48. The van der Waals surface area contributed by atoms with Crippen molar-refractivity contribution in [3.8, 4) is 6.07 Å². The highest BCUT2D eigenvalue weighted by molar-refractivity contribution is 5.31. The Hall–Kier alpha value is -1.57. The lowest BCUT2D eigenvalue weighted by molar-refractivity contribution is -0.141. The average molecular weight is 226 g/mol. The van der Waals surface area contributed by atoms with Crippen LogP contribution in [0.3, 0.4) is 0 Å². The van der Waals surface area contributed by atoms with E-state index in [0.717, 1.165) is 12.5 Å². The van der Waals surface area contributed by atoms with Gasteiger partial charge in [0, 0.05) is 0 Å². The summed E-state index contributed by atoms with van der Waals surface area (Å²) in [5, 5.41) is 9.01. The number of pyridine rings is 1. The van der Waals surface area contributed by atoms with E-state index < -0.39 is 17.3 Å². The summed E-state index contributed by atoms with van der Waals surface area (Å²) < 4.78 is 37.3. The molecular formula is C11H9F3N2. The first-order valence-corrected chi connectivity index (χ1v) is 4.94. The highest BCUT2D eigenvalue weighted by Gasteiger charge is 2.42. The number of aromatic nitrogens is 1. The van der Waals surface area contributed by atoms with Gasteiger partial charge in [-0.25, -0.2) is 4.98 Å². The molecule has 1 aliphatic carbocycles. The number of nitriles is 1. The van der Waals surface area contributed by atoms with Gasteiger partial charge in [-0.2, -0.15) is 18.4 Å². The van der Waals surface area contributed by atoms with Gasteiger partial charge in [0.25, 0.3) is 0 Å². The van der Waals surface area contributed by atoms with Crippen molar-refractivity contribution in [3.63, 3.8) is 0 Å². The first-order valence-electron chi connectivity index (χ1n) is 4.94. The van der Waals surface area contributed by atoms with E-state index in [9.17, 15) is 13.2 Å². The van der Waals surface area contributed by atoms with Crippen molar-refractivity contribution in [2.24, 2.45) is 0 Å². The molecule has 2 rings (SSSR count). The van der Waals surface area contributed by atoms with E-state index in [0.29, 0.717) is 12.8 Å². The van der Waals surface area contributed by atoms with Crippen LogP contribution in [0, 0.1) is 11.3 Å². The Balaban J connectivity index is 2.41. The molecule has 1 fully saturated rings. The zero-order chi connectivity index (χ0) is 11.8. The standard InChI is InChI=1S/C11H9F3N2/c12-11(13,14)9-4-1-3-8(16-9)10(7-15)5-2-6-10/h1,3-4H,2,5-6H2. The van der Waals surface area contributed by atoms with Crippen LogP contribution in [-0.4, -0.2) is 4.98 Å². The highest BCUT2D eigenvalue weighted by atomic mass is 19.4. The summed E-state index contributed by atoms with van der Waals surface area (Å²) in [6, 6.07) is 5.81. The van der Waals surface area contributed by atoms with Crippen molar-refractivity contribution in [1.29, 1.82) is 5.26 Å². The minimum atomic E-state index is -4.45. The summed E-state index contributed by atoms with van der Waals surface area (Å²) in [6.45, 7) is 0. The van der Waals surface area contributed by atoms with Crippen LogP contribution in [0.15, 0.2) is 18.2 Å². The molecule has 0 saturated heterocycles. The molecule has 1 aliphatic rings. The molecule has 84 valence electrons. The lowest BCUT2D eigenvalue weighted by Crippen LogP contribution is -2.33. The van der Waals surface area contributed by atoms with Crippen LogP contribution in [0.25, 0.3) is 0 Å². The van der Waals surface area contributed by atoms with Crippen LogP contribution >= 0.6 is 0 Å². The van der Waals surface area contributed by atoms with Gasteiger partial charge in [-0.15, -0.1) is 0 Å². The van der Waals surface area contributed by atoms with E-state index in [1.807, 2.05) is 0 Å². The summed E-state index contributed by atoms with van der Waals surface area (Å²) in [7, 11) is 0. The third-order valence-electron chi connectivity index (χ3n) is 2.95. The normalized spacial score (nSPS) is 18.6. The molecule has 0 spiro atoms. The quantitative estimate of drug-likeness (QED) is 0.737. The molecule has 2 nitrogen and oxygen atoms in total. The number of hydrogen-bond acceptors (Lipinski definition) is 2. The third kappa shape index (κ3) is 1.64. The van der Waals surface area contributed by atoms with Gasteiger partial charge in [-0.05, 0) is 31.4 Å². The van der Waals surface area contributed by atoms with Crippen molar-refractivity contribution in [1.82, 2.24) is 4.98 Å². The Kier molecular flexibility index (Phi) is 2.38. The number of alkyl halides is 3. The van der Waals surface area contributed by atoms with Crippen LogP contribution in [0.4, 0.5) is 13.2 Å². The summed E-state index contributed by atoms with van der Waals surface area (Å²) in [5.74, 6) is 0. The van der Waals surface area contributed by atoms with Crippen LogP contribution < -0.4 is 0 Å². The molecule has 0 N–H and O–H groups in total. The molecule has 5 heteroatoms. The summed E-state index contributed by atoms with van der Waals surface area (Å²) >= 11 is 0. The molecule has 0 atom stereocenters. The Morgan fingerprint density at radius 1 is 1.31 bits per heavy atom. The second-order valence-electron chi connectivity index (χ2n) is 3.95. The maximum absolute atomic E-state index is 12.4. The topological polar surface area (TPSA) is 36.7 Å². The Labute approximate surface area is 90.7 Å². The maximum Gasteiger partial charge on any atom is 0.433 e. The molecule has 0 unspecified atom stereocenters. The molecule has 0 radical (unpaired) electrons. The molecule has 0 bridgehead atoms. The lowest BCUT2D eigenvalue weighted by atomic mass is 9.67. The third-order valence-corrected chi connectivity index (χ3v) is 2.95. The second-order valence-corrected chi connectivity index (χ2v) is 3.95. The van der Waals surface area contributed by atoms with Gasteiger partial charge < -0.3 is 0 Å². The molecule has 1 aromatic rings. The fraction of sp³-hybridized carbons (Fsp3) is 0.455. The predicted molar refractivity (Wildman–Crippen MR) is 50.4 cm³/mol. The molecule has 0 aromatic carbocycles. The van der Waals surface area contributed by atoms with Crippen LogP contribution in [-0.2, 0) is 11.6 Å². The van der Waals surface area contributed by atoms with Gasteiger partial charge in [0.2, 0.25) is 0 Å². The van der Waals surface area contributed by atoms with Crippen molar-refractivity contribution in [2.45, 2.75) is 30.9 Å².